The van der Waals surface area contributed by atoms with E-state index in [2.05, 4.69) is 46.4 Å². The normalized spacial score (nSPS) is 15.6. The summed E-state index contributed by atoms with van der Waals surface area (Å²) in [5.41, 5.74) is 2.98. The molecule has 0 radical (unpaired) electrons. The van der Waals surface area contributed by atoms with Crippen molar-refractivity contribution in [2.24, 2.45) is 5.92 Å². The third kappa shape index (κ3) is 7.70. The Bertz CT molecular complexity index is 1650. The average molecular weight is 604 g/mol. The largest absolute Gasteiger partial charge is 0.453 e. The number of benzene rings is 2. The van der Waals surface area contributed by atoms with Crippen LogP contribution in [0.1, 0.15) is 36.6 Å². The van der Waals surface area contributed by atoms with Crippen molar-refractivity contribution in [3.05, 3.63) is 87.6 Å². The lowest BCUT2D eigenvalue weighted by atomic mass is 9.90. The Labute approximate surface area is 251 Å². The van der Waals surface area contributed by atoms with Gasteiger partial charge in [-0.3, -0.25) is 14.9 Å². The van der Waals surface area contributed by atoms with Crippen LogP contribution >= 0.6 is 11.6 Å². The number of anilines is 1. The number of nitrogens with one attached hydrogen (secondary N) is 4. The Morgan fingerprint density at radius 1 is 1.21 bits per heavy atom. The highest BCUT2D eigenvalue weighted by Crippen LogP contribution is 2.27. The van der Waals surface area contributed by atoms with E-state index >= 15 is 0 Å². The Morgan fingerprint density at radius 2 is 2.05 bits per heavy atom. The van der Waals surface area contributed by atoms with E-state index in [9.17, 15) is 14.4 Å². The highest BCUT2D eigenvalue weighted by Gasteiger charge is 2.23. The fourth-order valence-corrected chi connectivity index (χ4v) is 5.13. The highest BCUT2D eigenvalue weighted by atomic mass is 35.5. The number of carbonyl (C=O) groups is 2. The molecule has 0 saturated carbocycles. The van der Waals surface area contributed by atoms with E-state index in [0.717, 1.165) is 25.9 Å². The molecule has 1 aliphatic rings. The summed E-state index contributed by atoms with van der Waals surface area (Å²) in [5, 5.41) is 27.8. The van der Waals surface area contributed by atoms with Crippen LogP contribution in [-0.2, 0) is 9.53 Å². The number of hydrogen-bond donors (Lipinski definition) is 4. The van der Waals surface area contributed by atoms with E-state index in [0.29, 0.717) is 51.1 Å². The van der Waals surface area contributed by atoms with Gasteiger partial charge in [0.05, 0.1) is 30.1 Å². The van der Waals surface area contributed by atoms with Gasteiger partial charge in [0.1, 0.15) is 6.33 Å². The fourth-order valence-electron chi connectivity index (χ4n) is 4.95. The van der Waals surface area contributed by atoms with Gasteiger partial charge in [0.25, 0.3) is 5.56 Å². The number of amides is 2. The van der Waals surface area contributed by atoms with Crippen molar-refractivity contribution < 1.29 is 14.3 Å². The summed E-state index contributed by atoms with van der Waals surface area (Å²) in [7, 11) is 1.28. The number of methoxy groups -OCH3 is 1. The smallest absolute Gasteiger partial charge is 0.411 e. The number of aromatic amines is 1. The molecule has 1 fully saturated rings. The van der Waals surface area contributed by atoms with Crippen molar-refractivity contribution in [2.75, 3.05) is 25.5 Å². The van der Waals surface area contributed by atoms with E-state index in [1.165, 1.54) is 24.2 Å². The zero-order valence-corrected chi connectivity index (χ0v) is 24.0. The first-order chi connectivity index (χ1) is 20.9. The molecule has 1 aliphatic heterocycles. The lowest BCUT2D eigenvalue weighted by molar-refractivity contribution is -0.117. The van der Waals surface area contributed by atoms with Gasteiger partial charge < -0.3 is 15.4 Å². The molecule has 13 nitrogen and oxygen atoms in total. The van der Waals surface area contributed by atoms with Crippen LogP contribution in [0.15, 0.2) is 65.7 Å². The van der Waals surface area contributed by atoms with Crippen molar-refractivity contribution in [3.63, 3.8) is 0 Å². The van der Waals surface area contributed by atoms with Crippen LogP contribution in [0.4, 0.5) is 10.5 Å². The second kappa shape index (κ2) is 13.9. The number of nitrogens with zero attached hydrogens (tertiary/aromatic N) is 5. The fraction of sp³-hybridized carbons (Fsp3) is 0.276. The SMILES string of the molecule is COC(=O)Nc1ccc(-c2cc(C(CC3CCCNC3)NC(=O)C=Cc3cc(Cl)ccc3-n3cnnn3)n[nH]c2=O)cc1. The predicted octanol–water partition coefficient (Wildman–Crippen LogP) is 3.50. The minimum atomic E-state index is -0.594. The van der Waals surface area contributed by atoms with E-state index < -0.39 is 12.1 Å². The van der Waals surface area contributed by atoms with Crippen LogP contribution < -0.4 is 21.5 Å². The maximum Gasteiger partial charge on any atom is 0.411 e. The van der Waals surface area contributed by atoms with Crippen LogP contribution in [-0.4, -0.2) is 62.6 Å². The molecule has 1 saturated heterocycles. The molecule has 222 valence electrons. The number of piperidine rings is 1. The monoisotopic (exact) mass is 603 g/mol. The molecular formula is C29H30ClN9O4. The summed E-state index contributed by atoms with van der Waals surface area (Å²) in [6.07, 6.45) is 6.60. The number of rotatable bonds is 9. The molecule has 4 aromatic rings. The predicted molar refractivity (Wildman–Crippen MR) is 161 cm³/mol. The maximum atomic E-state index is 13.3. The number of hydrogen-bond acceptors (Lipinski definition) is 9. The molecule has 4 N–H and O–H groups in total. The minimum Gasteiger partial charge on any atom is -0.453 e. The van der Waals surface area contributed by atoms with Crippen LogP contribution in [0.25, 0.3) is 22.9 Å². The Kier molecular flexibility index (Phi) is 9.54. The number of carbonyl (C=O) groups excluding carboxylic acids is 2. The topological polar surface area (TPSA) is 169 Å². The lowest BCUT2D eigenvalue weighted by Crippen LogP contribution is -2.35. The van der Waals surface area contributed by atoms with Gasteiger partial charge in [0.15, 0.2) is 0 Å². The first kappa shape index (κ1) is 29.6. The molecule has 2 amide bonds. The van der Waals surface area contributed by atoms with Gasteiger partial charge in [-0.15, -0.1) is 5.10 Å². The molecule has 0 bridgehead atoms. The number of aromatic nitrogens is 6. The summed E-state index contributed by atoms with van der Waals surface area (Å²) in [4.78, 5) is 37.6. The van der Waals surface area contributed by atoms with Crippen molar-refractivity contribution in [3.8, 4) is 16.8 Å². The van der Waals surface area contributed by atoms with Gasteiger partial charge in [0.2, 0.25) is 5.91 Å². The zero-order chi connectivity index (χ0) is 30.2. The summed E-state index contributed by atoms with van der Waals surface area (Å²) in [6.45, 7) is 1.78. The second-order valence-electron chi connectivity index (χ2n) is 10.0. The Hall–Kier alpha value is -4.88. The maximum absolute atomic E-state index is 13.3. The average Bonchev–Trinajstić information content (AvgIpc) is 3.56. The molecule has 2 aromatic carbocycles. The van der Waals surface area contributed by atoms with Gasteiger partial charge in [0, 0.05) is 22.3 Å². The molecule has 3 heterocycles. The number of H-pyrrole nitrogens is 1. The van der Waals surface area contributed by atoms with Crippen LogP contribution in [0.2, 0.25) is 5.02 Å². The van der Waals surface area contributed by atoms with Gasteiger partial charge in [-0.2, -0.15) is 9.78 Å². The molecule has 2 atom stereocenters. The van der Waals surface area contributed by atoms with Gasteiger partial charge >= 0.3 is 6.09 Å². The molecule has 5 rings (SSSR count). The third-order valence-electron chi connectivity index (χ3n) is 7.09. The minimum absolute atomic E-state index is 0.309. The first-order valence-corrected chi connectivity index (χ1v) is 14.0. The zero-order valence-electron chi connectivity index (χ0n) is 23.3. The van der Waals surface area contributed by atoms with E-state index in [1.807, 2.05) is 0 Å². The van der Waals surface area contributed by atoms with E-state index in [-0.39, 0.29) is 11.5 Å². The molecule has 2 aromatic heterocycles. The van der Waals surface area contributed by atoms with Crippen molar-refractivity contribution in [1.29, 1.82) is 0 Å². The van der Waals surface area contributed by atoms with E-state index in [1.54, 1.807) is 54.6 Å². The van der Waals surface area contributed by atoms with Crippen molar-refractivity contribution >= 4 is 35.4 Å². The van der Waals surface area contributed by atoms with Crippen LogP contribution in [0, 0.1) is 5.92 Å². The van der Waals surface area contributed by atoms with Crippen molar-refractivity contribution in [2.45, 2.75) is 25.3 Å². The summed E-state index contributed by atoms with van der Waals surface area (Å²) in [5.74, 6) is -0.0348. The quantitative estimate of drug-likeness (QED) is 0.209. The van der Waals surface area contributed by atoms with Gasteiger partial charge in [-0.05, 0) is 96.7 Å². The van der Waals surface area contributed by atoms with Crippen molar-refractivity contribution in [1.82, 2.24) is 41.0 Å². The Morgan fingerprint density at radius 3 is 2.77 bits per heavy atom. The highest BCUT2D eigenvalue weighted by molar-refractivity contribution is 6.30. The standard InChI is InChI=1S/C29H30ClN9O4/c1-43-29(42)33-22-8-4-19(5-9-22)23-15-25(35-36-28(23)41)24(13-18-3-2-12-31-16-18)34-27(40)11-6-20-14-21(30)7-10-26(20)39-17-32-37-38-39/h4-11,14-15,17-18,24,31H,2-3,12-13,16H2,1H3,(H,33,42)(H,34,40)(H,36,41). The summed E-state index contributed by atoms with van der Waals surface area (Å²) >= 11 is 6.22. The number of ether oxygens (including phenoxy) is 1. The molecule has 0 aliphatic carbocycles. The van der Waals surface area contributed by atoms with Gasteiger partial charge in [-0.1, -0.05) is 23.7 Å². The van der Waals surface area contributed by atoms with Gasteiger partial charge in [-0.25, -0.2) is 9.89 Å². The summed E-state index contributed by atoms with van der Waals surface area (Å²) < 4.78 is 6.11. The second-order valence-corrected chi connectivity index (χ2v) is 10.5. The van der Waals surface area contributed by atoms with Crippen LogP contribution in [0.5, 0.6) is 0 Å². The van der Waals surface area contributed by atoms with E-state index in [4.69, 9.17) is 11.6 Å². The lowest BCUT2D eigenvalue weighted by Gasteiger charge is -2.27. The number of halogens is 1. The first-order valence-electron chi connectivity index (χ1n) is 13.7. The number of tetrazole rings is 1. The third-order valence-corrected chi connectivity index (χ3v) is 7.33. The molecular weight excluding hydrogens is 574 g/mol. The molecule has 14 heteroatoms. The molecule has 43 heavy (non-hydrogen) atoms. The Balaban J connectivity index is 1.40. The van der Waals surface area contributed by atoms with Crippen LogP contribution in [0.3, 0.4) is 0 Å². The molecule has 0 spiro atoms. The molecule has 2 unspecified atom stereocenters. The summed E-state index contributed by atoms with van der Waals surface area (Å²) in [6, 6.07) is 13.2.